The number of nitrogens with zero attached hydrogens (tertiary/aromatic N) is 3. The number of primary amides is 1. The first-order valence-electron chi connectivity index (χ1n) is 10.4. The van der Waals surface area contributed by atoms with Crippen molar-refractivity contribution in [3.63, 3.8) is 0 Å². The third-order valence-electron chi connectivity index (χ3n) is 7.01. The molecule has 1 saturated carbocycles. The van der Waals surface area contributed by atoms with Crippen LogP contribution in [0.5, 0.6) is 5.75 Å². The fourth-order valence-corrected chi connectivity index (χ4v) is 5.43. The van der Waals surface area contributed by atoms with Crippen LogP contribution in [-0.2, 0) is 27.9 Å². The van der Waals surface area contributed by atoms with E-state index in [9.17, 15) is 34.8 Å². The first-order valence-corrected chi connectivity index (χ1v) is 10.4. The second kappa shape index (κ2) is 6.98. The van der Waals surface area contributed by atoms with E-state index < -0.39 is 58.0 Å². The second-order valence-corrected chi connectivity index (χ2v) is 8.78. The maximum absolute atomic E-state index is 13.5. The lowest BCUT2D eigenvalue weighted by Gasteiger charge is -2.48. The van der Waals surface area contributed by atoms with Gasteiger partial charge in [-0.05, 0) is 36.5 Å². The summed E-state index contributed by atoms with van der Waals surface area (Å²) in [4.78, 5) is 39.3. The van der Waals surface area contributed by atoms with Crippen LogP contribution in [0.3, 0.4) is 0 Å². The molecule has 1 aromatic heterocycles. The summed E-state index contributed by atoms with van der Waals surface area (Å²) in [5.74, 6) is -7.45. The van der Waals surface area contributed by atoms with Crippen LogP contribution in [0.4, 0.5) is 0 Å². The van der Waals surface area contributed by atoms with Crippen molar-refractivity contribution in [1.82, 2.24) is 15.0 Å². The van der Waals surface area contributed by atoms with E-state index in [1.807, 2.05) is 0 Å². The Bertz CT molecular complexity index is 1370. The van der Waals surface area contributed by atoms with Gasteiger partial charge >= 0.3 is 0 Å². The highest BCUT2D eigenvalue weighted by Crippen LogP contribution is 2.52. The van der Waals surface area contributed by atoms with E-state index in [-0.39, 0.29) is 29.7 Å². The molecule has 3 aliphatic carbocycles. The first-order chi connectivity index (χ1) is 16.0. The standard InChI is InChI=1S/C22H21N5O7/c1-27-25-6-11(26-27)8-2-3-12(28)14-9(8)4-7-5-10-16(23)18(30)15(21(24)33)20(32)22(10,34)19(31)13(7)17(14)29/h2-3,6-7,10,16,28-29,32,34H,4-5,23H2,1H3,(H2,24,33)/t7-,10-,16+,22-/m0/s1. The number of Topliss-reactive ketones (excluding diaryl/α,β-unsaturated/α-hetero) is 2. The summed E-state index contributed by atoms with van der Waals surface area (Å²) in [7, 11) is 1.63. The molecule has 34 heavy (non-hydrogen) atoms. The van der Waals surface area contributed by atoms with Crippen molar-refractivity contribution in [2.24, 2.45) is 30.4 Å². The number of hydrogen-bond donors (Lipinski definition) is 6. The molecule has 0 unspecified atom stereocenters. The minimum Gasteiger partial charge on any atom is -0.508 e. The lowest BCUT2D eigenvalue weighted by molar-refractivity contribution is -0.149. The lowest BCUT2D eigenvalue weighted by Crippen LogP contribution is -2.65. The first kappa shape index (κ1) is 21.8. The quantitative estimate of drug-likeness (QED) is 0.301. The van der Waals surface area contributed by atoms with Crippen LogP contribution in [0.25, 0.3) is 17.0 Å². The van der Waals surface area contributed by atoms with Crippen molar-refractivity contribution in [3.05, 3.63) is 46.4 Å². The second-order valence-electron chi connectivity index (χ2n) is 8.78. The number of aryl methyl sites for hydroxylation is 1. The molecule has 1 fully saturated rings. The van der Waals surface area contributed by atoms with Gasteiger partial charge in [-0.25, -0.2) is 0 Å². The number of aliphatic hydroxyl groups excluding tert-OH is 2. The summed E-state index contributed by atoms with van der Waals surface area (Å²) in [6.45, 7) is 0. The third kappa shape index (κ3) is 2.63. The molecule has 0 radical (unpaired) electrons. The molecule has 0 aliphatic heterocycles. The average molecular weight is 467 g/mol. The Labute approximate surface area is 191 Å². The number of nitrogens with two attached hydrogens (primary N) is 2. The molecular weight excluding hydrogens is 446 g/mol. The zero-order valence-electron chi connectivity index (χ0n) is 17.9. The lowest BCUT2D eigenvalue weighted by atomic mass is 9.57. The Morgan fingerprint density at radius 1 is 1.24 bits per heavy atom. The van der Waals surface area contributed by atoms with Crippen molar-refractivity contribution in [2.45, 2.75) is 24.5 Å². The molecule has 0 bridgehead atoms. The van der Waals surface area contributed by atoms with E-state index in [0.717, 1.165) is 0 Å². The number of carbonyl (C=O) groups excluding carboxylic acids is 3. The monoisotopic (exact) mass is 467 g/mol. The van der Waals surface area contributed by atoms with Crippen LogP contribution in [0.2, 0.25) is 0 Å². The van der Waals surface area contributed by atoms with Crippen LogP contribution in [0.1, 0.15) is 17.5 Å². The van der Waals surface area contributed by atoms with Gasteiger partial charge in [0, 0.05) is 24.1 Å². The van der Waals surface area contributed by atoms with Gasteiger partial charge in [0.2, 0.25) is 5.78 Å². The SMILES string of the molecule is Cn1ncc(-c2ccc(O)c3c2C[C@H]2C[C@H]4[C@@H](N)C(=O)C(C(N)=O)=C(O)[C@@]4(O)C(=O)C2=C3O)n1. The summed E-state index contributed by atoms with van der Waals surface area (Å²) < 4.78 is 0. The highest BCUT2D eigenvalue weighted by Gasteiger charge is 2.63. The fourth-order valence-electron chi connectivity index (χ4n) is 5.43. The summed E-state index contributed by atoms with van der Waals surface area (Å²) in [5.41, 5.74) is 8.82. The number of aromatic hydroxyl groups is 1. The minimum atomic E-state index is -2.73. The summed E-state index contributed by atoms with van der Waals surface area (Å²) in [6, 6.07) is 1.46. The molecule has 1 aromatic carbocycles. The Hall–Kier alpha value is -4.03. The Kier molecular flexibility index (Phi) is 4.48. The molecule has 1 amide bonds. The van der Waals surface area contributed by atoms with Gasteiger partial charge in [0.15, 0.2) is 11.4 Å². The molecule has 12 nitrogen and oxygen atoms in total. The van der Waals surface area contributed by atoms with Gasteiger partial charge in [-0.3, -0.25) is 14.4 Å². The molecule has 4 atom stereocenters. The van der Waals surface area contributed by atoms with E-state index >= 15 is 0 Å². The maximum atomic E-state index is 13.5. The molecule has 2 aromatic rings. The maximum Gasteiger partial charge on any atom is 0.255 e. The molecule has 0 saturated heterocycles. The number of aromatic nitrogens is 3. The zero-order valence-corrected chi connectivity index (χ0v) is 17.9. The smallest absolute Gasteiger partial charge is 0.255 e. The van der Waals surface area contributed by atoms with Crippen LogP contribution in [0, 0.1) is 11.8 Å². The van der Waals surface area contributed by atoms with Crippen molar-refractivity contribution in [1.29, 1.82) is 0 Å². The number of fused-ring (bicyclic) bond motifs is 3. The van der Waals surface area contributed by atoms with E-state index in [4.69, 9.17) is 11.5 Å². The van der Waals surface area contributed by atoms with Crippen molar-refractivity contribution < 1.29 is 34.8 Å². The summed E-state index contributed by atoms with van der Waals surface area (Å²) in [5, 5.41) is 51.9. The van der Waals surface area contributed by atoms with Gasteiger partial charge in [-0.15, -0.1) is 0 Å². The summed E-state index contributed by atoms with van der Waals surface area (Å²) in [6.07, 6.45) is 1.58. The molecule has 3 aliphatic rings. The van der Waals surface area contributed by atoms with Gasteiger partial charge in [0.25, 0.3) is 5.91 Å². The molecule has 5 rings (SSSR count). The predicted octanol–water partition coefficient (Wildman–Crippen LogP) is -0.843. The molecule has 12 heteroatoms. The number of amides is 1. The van der Waals surface area contributed by atoms with Crippen LogP contribution in [0.15, 0.2) is 35.2 Å². The number of benzene rings is 1. The molecule has 1 heterocycles. The van der Waals surface area contributed by atoms with E-state index in [0.29, 0.717) is 16.8 Å². The minimum absolute atomic E-state index is 0.0143. The average Bonchev–Trinajstić information content (AvgIpc) is 3.20. The number of aliphatic hydroxyl groups is 3. The van der Waals surface area contributed by atoms with Gasteiger partial charge in [0.05, 0.1) is 17.8 Å². The van der Waals surface area contributed by atoms with Crippen molar-refractivity contribution >= 4 is 23.2 Å². The van der Waals surface area contributed by atoms with E-state index in [2.05, 4.69) is 10.2 Å². The van der Waals surface area contributed by atoms with Crippen molar-refractivity contribution in [3.8, 4) is 17.0 Å². The normalized spacial score (nSPS) is 28.5. The highest BCUT2D eigenvalue weighted by molar-refractivity contribution is 6.24. The molecule has 8 N–H and O–H groups in total. The van der Waals surface area contributed by atoms with Gasteiger partial charge in [0.1, 0.15) is 28.5 Å². The zero-order chi connectivity index (χ0) is 24.7. The van der Waals surface area contributed by atoms with E-state index in [1.165, 1.54) is 17.1 Å². The molecule has 176 valence electrons. The number of rotatable bonds is 2. The van der Waals surface area contributed by atoms with Crippen molar-refractivity contribution in [2.75, 3.05) is 0 Å². The molecule has 0 spiro atoms. The Morgan fingerprint density at radius 3 is 2.56 bits per heavy atom. The number of ketones is 2. The van der Waals surface area contributed by atoms with Crippen LogP contribution >= 0.6 is 0 Å². The highest BCUT2D eigenvalue weighted by atomic mass is 16.3. The van der Waals surface area contributed by atoms with Gasteiger partial charge in [-0.1, -0.05) is 0 Å². The summed E-state index contributed by atoms with van der Waals surface area (Å²) >= 11 is 0. The number of hydrogen-bond acceptors (Lipinski definition) is 10. The van der Waals surface area contributed by atoms with Crippen LogP contribution in [-0.4, -0.2) is 64.5 Å². The molecular formula is C22H21N5O7. The number of phenolic OH excluding ortho intramolecular Hbond substituents is 1. The Balaban J connectivity index is 1.73. The largest absolute Gasteiger partial charge is 0.508 e. The number of phenols is 1. The third-order valence-corrected chi connectivity index (χ3v) is 7.01. The predicted molar refractivity (Wildman–Crippen MR) is 115 cm³/mol. The van der Waals surface area contributed by atoms with Gasteiger partial charge in [-0.2, -0.15) is 15.0 Å². The topological polar surface area (TPSA) is 215 Å². The van der Waals surface area contributed by atoms with E-state index in [1.54, 1.807) is 13.1 Å². The Morgan fingerprint density at radius 2 is 1.94 bits per heavy atom. The fraction of sp³-hybridized carbons (Fsp3) is 0.318. The van der Waals surface area contributed by atoms with Gasteiger partial charge < -0.3 is 31.9 Å². The number of carbonyl (C=O) groups is 3. The van der Waals surface area contributed by atoms with Crippen LogP contribution < -0.4 is 11.5 Å².